The van der Waals surface area contributed by atoms with Gasteiger partial charge in [0.1, 0.15) is 0 Å². The summed E-state index contributed by atoms with van der Waals surface area (Å²) in [6.45, 7) is 0.441. The summed E-state index contributed by atoms with van der Waals surface area (Å²) >= 11 is 0. The molecule has 0 saturated heterocycles. The van der Waals surface area contributed by atoms with E-state index in [0.717, 1.165) is 10.9 Å². The molecule has 0 fully saturated rings. The number of carbonyl (C=O) groups excluding carboxylic acids is 1. The molecule has 1 amide bonds. The molecule has 1 aromatic carbocycles. The Morgan fingerprint density at radius 3 is 2.84 bits per heavy atom. The number of carbonyl (C=O) groups is 2. The summed E-state index contributed by atoms with van der Waals surface area (Å²) in [5, 5.41) is 9.56. The summed E-state index contributed by atoms with van der Waals surface area (Å²) in [5.74, 6) is -0.928. The first kappa shape index (κ1) is 13.1. The first-order valence-electron chi connectivity index (χ1n) is 6.12. The number of benzene rings is 1. The number of carboxylic acid groups (broad SMARTS) is 1. The molecule has 2 rings (SSSR count). The minimum absolute atomic E-state index is 0.0778. The van der Waals surface area contributed by atoms with E-state index >= 15 is 0 Å². The molecule has 1 heterocycles. The van der Waals surface area contributed by atoms with E-state index in [-0.39, 0.29) is 12.3 Å². The predicted octanol–water partition coefficient (Wildman–Crippen LogP) is 2.10. The number of aromatic nitrogens is 1. The van der Waals surface area contributed by atoms with Crippen molar-refractivity contribution in [2.75, 3.05) is 13.6 Å². The molecule has 0 saturated carbocycles. The molecular weight excluding hydrogens is 244 g/mol. The smallest absolute Gasteiger partial charge is 0.303 e. The molecule has 2 aromatic rings. The molecule has 5 heteroatoms. The van der Waals surface area contributed by atoms with Gasteiger partial charge in [-0.2, -0.15) is 0 Å². The van der Waals surface area contributed by atoms with Gasteiger partial charge in [-0.15, -0.1) is 0 Å². The molecule has 0 unspecified atom stereocenters. The van der Waals surface area contributed by atoms with E-state index in [1.807, 2.05) is 24.4 Å². The third-order valence-electron chi connectivity index (χ3n) is 3.03. The van der Waals surface area contributed by atoms with Crippen molar-refractivity contribution < 1.29 is 14.7 Å². The lowest BCUT2D eigenvalue weighted by Gasteiger charge is -2.16. The first-order valence-corrected chi connectivity index (χ1v) is 6.12. The minimum Gasteiger partial charge on any atom is -0.481 e. The number of hydrogen-bond acceptors (Lipinski definition) is 2. The number of aliphatic carboxylic acids is 1. The predicted molar refractivity (Wildman–Crippen MR) is 72.1 cm³/mol. The van der Waals surface area contributed by atoms with Crippen molar-refractivity contribution >= 4 is 22.8 Å². The number of nitrogens with one attached hydrogen (secondary N) is 1. The lowest BCUT2D eigenvalue weighted by atomic mass is 10.1. The molecule has 0 aliphatic carbocycles. The summed E-state index contributed by atoms with van der Waals surface area (Å²) in [5.41, 5.74) is 1.61. The van der Waals surface area contributed by atoms with Crippen molar-refractivity contribution in [2.45, 2.75) is 12.8 Å². The van der Waals surface area contributed by atoms with Crippen LogP contribution in [0.3, 0.4) is 0 Å². The van der Waals surface area contributed by atoms with Crippen LogP contribution in [0.1, 0.15) is 23.2 Å². The van der Waals surface area contributed by atoms with Crippen LogP contribution in [0.5, 0.6) is 0 Å². The maximum atomic E-state index is 12.2. The highest BCUT2D eigenvalue weighted by atomic mass is 16.4. The van der Waals surface area contributed by atoms with Gasteiger partial charge < -0.3 is 15.0 Å². The normalized spacial score (nSPS) is 10.6. The van der Waals surface area contributed by atoms with Crippen LogP contribution in [0.25, 0.3) is 10.9 Å². The van der Waals surface area contributed by atoms with Gasteiger partial charge >= 0.3 is 5.97 Å². The van der Waals surface area contributed by atoms with Crippen molar-refractivity contribution in [3.63, 3.8) is 0 Å². The number of aromatic amines is 1. The monoisotopic (exact) mass is 260 g/mol. The Bertz CT molecular complexity index is 604. The van der Waals surface area contributed by atoms with E-state index in [1.54, 1.807) is 18.0 Å². The second-order valence-corrected chi connectivity index (χ2v) is 4.50. The maximum absolute atomic E-state index is 12.2. The fourth-order valence-corrected chi connectivity index (χ4v) is 1.98. The highest BCUT2D eigenvalue weighted by Gasteiger charge is 2.12. The molecule has 19 heavy (non-hydrogen) atoms. The number of nitrogens with zero attached hydrogens (tertiary/aromatic N) is 1. The molecule has 0 spiro atoms. The van der Waals surface area contributed by atoms with E-state index in [9.17, 15) is 9.59 Å². The molecule has 0 atom stereocenters. The average molecular weight is 260 g/mol. The van der Waals surface area contributed by atoms with E-state index in [0.29, 0.717) is 18.5 Å². The van der Waals surface area contributed by atoms with Gasteiger partial charge in [-0.1, -0.05) is 0 Å². The van der Waals surface area contributed by atoms with Gasteiger partial charge in [0.15, 0.2) is 0 Å². The number of amides is 1. The Morgan fingerprint density at radius 2 is 2.11 bits per heavy atom. The van der Waals surface area contributed by atoms with Gasteiger partial charge in [0.05, 0.1) is 0 Å². The average Bonchev–Trinajstić information content (AvgIpc) is 2.84. The summed E-state index contributed by atoms with van der Waals surface area (Å²) in [7, 11) is 1.69. The lowest BCUT2D eigenvalue weighted by Crippen LogP contribution is -2.28. The molecule has 0 aliphatic heterocycles. The van der Waals surface area contributed by atoms with Crippen molar-refractivity contribution in [1.29, 1.82) is 0 Å². The van der Waals surface area contributed by atoms with Crippen LogP contribution < -0.4 is 0 Å². The summed E-state index contributed by atoms with van der Waals surface area (Å²) in [6.07, 6.45) is 2.37. The number of H-pyrrole nitrogens is 1. The lowest BCUT2D eigenvalue weighted by molar-refractivity contribution is -0.137. The van der Waals surface area contributed by atoms with E-state index in [1.165, 1.54) is 0 Å². The van der Waals surface area contributed by atoms with Crippen LogP contribution >= 0.6 is 0 Å². The highest BCUT2D eigenvalue weighted by molar-refractivity contribution is 5.97. The van der Waals surface area contributed by atoms with Gasteiger partial charge in [-0.05, 0) is 30.7 Å². The van der Waals surface area contributed by atoms with Gasteiger partial charge in [0.25, 0.3) is 5.91 Å². The fraction of sp³-hybridized carbons (Fsp3) is 0.286. The molecule has 0 aliphatic rings. The SMILES string of the molecule is CN(CCCC(=O)O)C(=O)c1ccc2[nH]ccc2c1. The Balaban J connectivity index is 2.03. The second kappa shape index (κ2) is 5.56. The molecule has 2 N–H and O–H groups in total. The third-order valence-corrected chi connectivity index (χ3v) is 3.03. The topological polar surface area (TPSA) is 73.4 Å². The summed E-state index contributed by atoms with van der Waals surface area (Å²) in [6, 6.07) is 7.39. The van der Waals surface area contributed by atoms with Gasteiger partial charge in [-0.25, -0.2) is 0 Å². The Morgan fingerprint density at radius 1 is 1.32 bits per heavy atom. The zero-order valence-electron chi connectivity index (χ0n) is 10.7. The molecular formula is C14H16N2O3. The Labute approximate surface area is 110 Å². The number of hydrogen-bond donors (Lipinski definition) is 2. The highest BCUT2D eigenvalue weighted by Crippen LogP contribution is 2.15. The van der Waals surface area contributed by atoms with Crippen LogP contribution in [-0.4, -0.2) is 40.5 Å². The number of carboxylic acids is 1. The first-order chi connectivity index (χ1) is 9.08. The van der Waals surface area contributed by atoms with Crippen LogP contribution in [0.4, 0.5) is 0 Å². The molecule has 0 bridgehead atoms. The molecule has 100 valence electrons. The number of fused-ring (bicyclic) bond motifs is 1. The zero-order chi connectivity index (χ0) is 13.8. The Kier molecular flexibility index (Phi) is 3.85. The van der Waals surface area contributed by atoms with Crippen molar-refractivity contribution in [1.82, 2.24) is 9.88 Å². The summed E-state index contributed by atoms with van der Waals surface area (Å²) in [4.78, 5) is 27.2. The maximum Gasteiger partial charge on any atom is 0.303 e. The minimum atomic E-state index is -0.838. The largest absolute Gasteiger partial charge is 0.481 e. The van der Waals surface area contributed by atoms with Crippen LogP contribution in [0, 0.1) is 0 Å². The van der Waals surface area contributed by atoms with Crippen LogP contribution in [0.15, 0.2) is 30.5 Å². The second-order valence-electron chi connectivity index (χ2n) is 4.50. The third kappa shape index (κ3) is 3.13. The molecule has 1 aromatic heterocycles. The van der Waals surface area contributed by atoms with Gasteiger partial charge in [0, 0.05) is 42.7 Å². The molecule has 5 nitrogen and oxygen atoms in total. The van der Waals surface area contributed by atoms with Crippen LogP contribution in [0.2, 0.25) is 0 Å². The van der Waals surface area contributed by atoms with E-state index in [2.05, 4.69) is 4.98 Å². The quantitative estimate of drug-likeness (QED) is 0.864. The number of rotatable bonds is 5. The van der Waals surface area contributed by atoms with E-state index in [4.69, 9.17) is 5.11 Å². The Hall–Kier alpha value is -2.30. The van der Waals surface area contributed by atoms with Crippen molar-refractivity contribution in [2.24, 2.45) is 0 Å². The standard InChI is InChI=1S/C14H16N2O3/c1-16(8-2-3-13(17)18)14(19)11-4-5-12-10(9-11)6-7-15-12/h4-7,9,15H,2-3,8H2,1H3,(H,17,18). The van der Waals surface area contributed by atoms with Gasteiger partial charge in [0.2, 0.25) is 0 Å². The zero-order valence-corrected chi connectivity index (χ0v) is 10.7. The molecule has 0 radical (unpaired) electrons. The fourth-order valence-electron chi connectivity index (χ4n) is 1.98. The van der Waals surface area contributed by atoms with Crippen molar-refractivity contribution in [3.8, 4) is 0 Å². The van der Waals surface area contributed by atoms with Gasteiger partial charge in [-0.3, -0.25) is 9.59 Å². The van der Waals surface area contributed by atoms with Crippen molar-refractivity contribution in [3.05, 3.63) is 36.0 Å². The van der Waals surface area contributed by atoms with Crippen LogP contribution in [-0.2, 0) is 4.79 Å². The van der Waals surface area contributed by atoms with E-state index < -0.39 is 5.97 Å². The summed E-state index contributed by atoms with van der Waals surface area (Å²) < 4.78 is 0.